The first kappa shape index (κ1) is 15.2. The molecule has 0 unspecified atom stereocenters. The Kier molecular flexibility index (Phi) is 4.02. The van der Waals surface area contributed by atoms with E-state index < -0.39 is 10.0 Å². The molecule has 3 rings (SSSR count). The van der Waals surface area contributed by atoms with E-state index in [1.54, 1.807) is 30.3 Å². The van der Waals surface area contributed by atoms with Crippen molar-refractivity contribution in [1.29, 1.82) is 0 Å². The minimum atomic E-state index is -3.62. The third-order valence-electron chi connectivity index (χ3n) is 3.66. The molecule has 2 aromatic carbocycles. The Hall–Kier alpha value is -1.72. The molecule has 0 bridgehead atoms. The largest absolute Gasteiger partial charge is 0.489 e. The van der Waals surface area contributed by atoms with Crippen molar-refractivity contribution in [3.63, 3.8) is 0 Å². The minimum Gasteiger partial charge on any atom is -0.489 e. The molecular formula is C16H16ClNO3S. The average Bonchev–Trinajstić information content (AvgIpc) is 2.54. The van der Waals surface area contributed by atoms with Gasteiger partial charge in [0.2, 0.25) is 0 Å². The van der Waals surface area contributed by atoms with E-state index in [1.807, 2.05) is 19.1 Å². The molecule has 1 aliphatic heterocycles. The first-order chi connectivity index (χ1) is 10.5. The SMILES string of the molecule is CCc1ccc(S(=O)(=O)N2CCOc3ccc(Cl)cc32)cc1. The summed E-state index contributed by atoms with van der Waals surface area (Å²) in [6.07, 6.45) is 0.871. The van der Waals surface area contributed by atoms with E-state index in [-0.39, 0.29) is 11.4 Å². The Morgan fingerprint density at radius 3 is 2.59 bits per heavy atom. The van der Waals surface area contributed by atoms with Gasteiger partial charge in [0.15, 0.2) is 0 Å². The standard InChI is InChI=1S/C16H16ClNO3S/c1-2-12-3-6-14(7-4-12)22(19,20)18-9-10-21-16-8-5-13(17)11-15(16)18/h3-8,11H,2,9-10H2,1H3. The molecule has 22 heavy (non-hydrogen) atoms. The molecule has 1 heterocycles. The molecule has 0 saturated carbocycles. The van der Waals surface area contributed by atoms with Gasteiger partial charge in [-0.25, -0.2) is 8.42 Å². The highest BCUT2D eigenvalue weighted by atomic mass is 35.5. The molecule has 0 aromatic heterocycles. The summed E-state index contributed by atoms with van der Waals surface area (Å²) in [5.41, 5.74) is 1.59. The van der Waals surface area contributed by atoms with Gasteiger partial charge in [-0.15, -0.1) is 0 Å². The molecule has 0 N–H and O–H groups in total. The predicted octanol–water partition coefficient (Wildman–Crippen LogP) is 3.49. The van der Waals surface area contributed by atoms with Crippen LogP contribution in [-0.2, 0) is 16.4 Å². The number of halogens is 1. The number of hydrogen-bond acceptors (Lipinski definition) is 3. The van der Waals surface area contributed by atoms with Crippen LogP contribution in [0.3, 0.4) is 0 Å². The van der Waals surface area contributed by atoms with Gasteiger partial charge in [0.25, 0.3) is 10.0 Å². The lowest BCUT2D eigenvalue weighted by molar-refractivity contribution is 0.316. The van der Waals surface area contributed by atoms with Crippen LogP contribution in [0, 0.1) is 0 Å². The highest BCUT2D eigenvalue weighted by molar-refractivity contribution is 7.92. The summed E-state index contributed by atoms with van der Waals surface area (Å²) in [6.45, 7) is 2.62. The van der Waals surface area contributed by atoms with Crippen molar-refractivity contribution >= 4 is 27.3 Å². The van der Waals surface area contributed by atoms with E-state index in [2.05, 4.69) is 0 Å². The fraction of sp³-hybridized carbons (Fsp3) is 0.250. The fourth-order valence-corrected chi connectivity index (χ4v) is 4.06. The molecule has 1 aliphatic rings. The number of sulfonamides is 1. The summed E-state index contributed by atoms with van der Waals surface area (Å²) >= 11 is 6.00. The fourth-order valence-electron chi connectivity index (χ4n) is 2.44. The summed E-state index contributed by atoms with van der Waals surface area (Å²) < 4.78 is 32.6. The zero-order valence-corrected chi connectivity index (χ0v) is 13.7. The van der Waals surface area contributed by atoms with Crippen LogP contribution >= 0.6 is 11.6 Å². The second-order valence-corrected chi connectivity index (χ2v) is 7.33. The van der Waals surface area contributed by atoms with Crippen LogP contribution in [-0.4, -0.2) is 21.6 Å². The van der Waals surface area contributed by atoms with E-state index >= 15 is 0 Å². The molecule has 0 saturated heterocycles. The van der Waals surface area contributed by atoms with Crippen molar-refractivity contribution in [2.45, 2.75) is 18.2 Å². The summed E-state index contributed by atoms with van der Waals surface area (Å²) in [6, 6.07) is 12.0. The molecule has 0 radical (unpaired) electrons. The van der Waals surface area contributed by atoms with Crippen molar-refractivity contribution in [3.05, 3.63) is 53.1 Å². The number of hydrogen-bond donors (Lipinski definition) is 0. The van der Waals surface area contributed by atoms with Crippen LogP contribution in [0.1, 0.15) is 12.5 Å². The number of aryl methyl sites for hydroxylation is 1. The Labute approximate surface area is 135 Å². The van der Waals surface area contributed by atoms with Crippen molar-refractivity contribution in [1.82, 2.24) is 0 Å². The maximum atomic E-state index is 12.9. The normalized spacial score (nSPS) is 14.4. The number of anilines is 1. The lowest BCUT2D eigenvalue weighted by atomic mass is 10.2. The first-order valence-electron chi connectivity index (χ1n) is 7.06. The molecule has 0 atom stereocenters. The van der Waals surface area contributed by atoms with Crippen LogP contribution in [0.5, 0.6) is 5.75 Å². The van der Waals surface area contributed by atoms with E-state index in [0.717, 1.165) is 12.0 Å². The van der Waals surface area contributed by atoms with Crippen molar-refractivity contribution < 1.29 is 13.2 Å². The highest BCUT2D eigenvalue weighted by Gasteiger charge is 2.30. The Morgan fingerprint density at radius 2 is 1.91 bits per heavy atom. The zero-order valence-electron chi connectivity index (χ0n) is 12.1. The molecule has 6 heteroatoms. The topological polar surface area (TPSA) is 46.6 Å². The molecule has 0 amide bonds. The lowest BCUT2D eigenvalue weighted by Crippen LogP contribution is -2.37. The molecule has 2 aromatic rings. The van der Waals surface area contributed by atoms with Crippen LogP contribution in [0.4, 0.5) is 5.69 Å². The number of fused-ring (bicyclic) bond motifs is 1. The van der Waals surface area contributed by atoms with E-state index in [4.69, 9.17) is 16.3 Å². The van der Waals surface area contributed by atoms with Crippen LogP contribution < -0.4 is 9.04 Å². The molecule has 0 fully saturated rings. The van der Waals surface area contributed by atoms with Gasteiger partial charge in [0, 0.05) is 5.02 Å². The number of ether oxygens (including phenoxy) is 1. The van der Waals surface area contributed by atoms with Gasteiger partial charge in [0.05, 0.1) is 17.1 Å². The Morgan fingerprint density at radius 1 is 1.18 bits per heavy atom. The smallest absolute Gasteiger partial charge is 0.264 e. The van der Waals surface area contributed by atoms with Crippen LogP contribution in [0.2, 0.25) is 5.02 Å². The van der Waals surface area contributed by atoms with Crippen LogP contribution in [0.25, 0.3) is 0 Å². The van der Waals surface area contributed by atoms with Crippen molar-refractivity contribution in [2.24, 2.45) is 0 Å². The summed E-state index contributed by atoms with van der Waals surface area (Å²) in [5.74, 6) is 0.532. The number of benzene rings is 2. The maximum Gasteiger partial charge on any atom is 0.264 e. The summed E-state index contributed by atoms with van der Waals surface area (Å²) in [7, 11) is -3.62. The third kappa shape index (κ3) is 2.66. The minimum absolute atomic E-state index is 0.269. The summed E-state index contributed by atoms with van der Waals surface area (Å²) in [4.78, 5) is 0.275. The Bertz CT molecular complexity index is 788. The quantitative estimate of drug-likeness (QED) is 0.861. The van der Waals surface area contributed by atoms with Crippen molar-refractivity contribution in [2.75, 3.05) is 17.5 Å². The molecular weight excluding hydrogens is 322 g/mol. The molecule has 0 aliphatic carbocycles. The van der Waals surface area contributed by atoms with Gasteiger partial charge >= 0.3 is 0 Å². The van der Waals surface area contributed by atoms with Gasteiger partial charge in [-0.2, -0.15) is 0 Å². The second kappa shape index (κ2) is 5.82. The number of rotatable bonds is 3. The monoisotopic (exact) mass is 337 g/mol. The van der Waals surface area contributed by atoms with Gasteiger partial charge in [-0.3, -0.25) is 4.31 Å². The van der Waals surface area contributed by atoms with Gasteiger partial charge in [-0.1, -0.05) is 30.7 Å². The summed E-state index contributed by atoms with van der Waals surface area (Å²) in [5, 5.41) is 0.478. The van der Waals surface area contributed by atoms with Gasteiger partial charge in [0.1, 0.15) is 12.4 Å². The lowest BCUT2D eigenvalue weighted by Gasteiger charge is -2.30. The molecule has 0 spiro atoms. The maximum absolute atomic E-state index is 12.9. The third-order valence-corrected chi connectivity index (χ3v) is 5.72. The van der Waals surface area contributed by atoms with E-state index in [0.29, 0.717) is 23.1 Å². The van der Waals surface area contributed by atoms with Crippen LogP contribution in [0.15, 0.2) is 47.4 Å². The highest BCUT2D eigenvalue weighted by Crippen LogP contribution is 2.37. The number of nitrogens with zero attached hydrogens (tertiary/aromatic N) is 1. The average molecular weight is 338 g/mol. The predicted molar refractivity (Wildman–Crippen MR) is 87.3 cm³/mol. The Balaban J connectivity index is 2.05. The van der Waals surface area contributed by atoms with E-state index in [9.17, 15) is 8.42 Å². The second-order valence-electron chi connectivity index (χ2n) is 5.04. The van der Waals surface area contributed by atoms with Crippen molar-refractivity contribution in [3.8, 4) is 5.75 Å². The molecule has 4 nitrogen and oxygen atoms in total. The van der Waals surface area contributed by atoms with E-state index in [1.165, 1.54) is 4.31 Å². The van der Waals surface area contributed by atoms with Gasteiger partial charge in [-0.05, 0) is 42.3 Å². The first-order valence-corrected chi connectivity index (χ1v) is 8.88. The van der Waals surface area contributed by atoms with Gasteiger partial charge < -0.3 is 4.74 Å². The molecule has 116 valence electrons. The zero-order chi connectivity index (χ0) is 15.7.